The molecule has 4 N–H and O–H groups in total. The van der Waals surface area contributed by atoms with Gasteiger partial charge < -0.3 is 25.4 Å². The third kappa shape index (κ3) is 6.50. The van der Waals surface area contributed by atoms with Gasteiger partial charge in [0.25, 0.3) is 5.91 Å². The van der Waals surface area contributed by atoms with Crippen LogP contribution in [0.2, 0.25) is 0 Å². The van der Waals surface area contributed by atoms with Gasteiger partial charge in [0.1, 0.15) is 11.4 Å². The summed E-state index contributed by atoms with van der Waals surface area (Å²) in [4.78, 5) is 29.3. The van der Waals surface area contributed by atoms with Crippen molar-refractivity contribution in [2.75, 3.05) is 20.3 Å². The predicted octanol–water partition coefficient (Wildman–Crippen LogP) is 2.94. The molecule has 0 unspecified atom stereocenters. The van der Waals surface area contributed by atoms with E-state index in [4.69, 9.17) is 9.84 Å². The van der Waals surface area contributed by atoms with Gasteiger partial charge in [-0.05, 0) is 67.1 Å². The van der Waals surface area contributed by atoms with Crippen molar-refractivity contribution in [3.63, 3.8) is 0 Å². The molecule has 0 aliphatic carbocycles. The smallest absolute Gasteiger partial charge is 0.336 e. The lowest BCUT2D eigenvalue weighted by Crippen LogP contribution is -2.40. The van der Waals surface area contributed by atoms with E-state index < -0.39 is 11.9 Å². The maximum Gasteiger partial charge on any atom is 0.336 e. The molecule has 0 saturated heterocycles. The fourth-order valence-electron chi connectivity index (χ4n) is 3.69. The molecule has 0 saturated carbocycles. The molecule has 8 nitrogen and oxygen atoms in total. The average Bonchev–Trinajstić information content (AvgIpc) is 2.80. The number of phenols is 1. The normalized spacial score (nSPS) is 11.9. The molecule has 0 spiro atoms. The molecule has 33 heavy (non-hydrogen) atoms. The highest BCUT2D eigenvalue weighted by Crippen LogP contribution is 2.22. The van der Waals surface area contributed by atoms with E-state index in [-0.39, 0.29) is 36.3 Å². The minimum absolute atomic E-state index is 0.0102. The number of aliphatic hydroxyl groups is 1. The Balaban J connectivity index is 1.84. The summed E-state index contributed by atoms with van der Waals surface area (Å²) in [6.07, 6.45) is 2.65. The van der Waals surface area contributed by atoms with Crippen LogP contribution >= 0.6 is 0 Å². The summed E-state index contributed by atoms with van der Waals surface area (Å²) in [5.41, 5.74) is 2.30. The molecule has 3 aromatic rings. The number of aromatic nitrogens is 1. The van der Waals surface area contributed by atoms with Crippen molar-refractivity contribution in [1.82, 2.24) is 10.3 Å². The molecule has 0 bridgehead atoms. The van der Waals surface area contributed by atoms with Crippen LogP contribution in [0.25, 0.3) is 10.9 Å². The fraction of sp³-hybridized carbons (Fsp3) is 0.320. The van der Waals surface area contributed by atoms with Crippen molar-refractivity contribution in [3.05, 3.63) is 70.9 Å². The molecule has 1 heterocycles. The van der Waals surface area contributed by atoms with Crippen LogP contribution in [0.5, 0.6) is 5.75 Å². The van der Waals surface area contributed by atoms with E-state index in [0.717, 1.165) is 17.5 Å². The van der Waals surface area contributed by atoms with Gasteiger partial charge in [-0.25, -0.2) is 9.78 Å². The van der Waals surface area contributed by atoms with Gasteiger partial charge in [0.05, 0.1) is 23.7 Å². The van der Waals surface area contributed by atoms with Gasteiger partial charge in [0.2, 0.25) is 0 Å². The number of unbranched alkanes of at least 4 members (excludes halogenated alkanes) is 1. The standard InChI is InChI=1S/C25H28N2O6/c1-33-15-18(12-17-5-8-19(29)9-6-17)26-24(30)23-14-21(25(31)32)20-13-16(4-2-3-11-28)7-10-22(20)27-23/h5-10,13-14,18,28-29H,2-4,11-12,15H2,1H3,(H,26,30)(H,31,32)/t18-/m0/s1. The second kappa shape index (κ2) is 11.4. The highest BCUT2D eigenvalue weighted by atomic mass is 16.5. The zero-order valence-electron chi connectivity index (χ0n) is 18.5. The number of carboxylic acids is 1. The minimum atomic E-state index is -1.14. The third-order valence-electron chi connectivity index (χ3n) is 5.33. The number of aryl methyl sites for hydroxylation is 1. The van der Waals surface area contributed by atoms with Crippen LogP contribution < -0.4 is 5.32 Å². The minimum Gasteiger partial charge on any atom is -0.508 e. The lowest BCUT2D eigenvalue weighted by Gasteiger charge is -2.18. The van der Waals surface area contributed by atoms with E-state index >= 15 is 0 Å². The first-order valence-electron chi connectivity index (χ1n) is 10.8. The number of aromatic carboxylic acids is 1. The van der Waals surface area contributed by atoms with Gasteiger partial charge >= 0.3 is 5.97 Å². The fourth-order valence-corrected chi connectivity index (χ4v) is 3.69. The quantitative estimate of drug-likeness (QED) is 0.329. The Morgan fingerprint density at radius 3 is 2.45 bits per heavy atom. The van der Waals surface area contributed by atoms with E-state index in [1.165, 1.54) is 13.2 Å². The summed E-state index contributed by atoms with van der Waals surface area (Å²) >= 11 is 0. The van der Waals surface area contributed by atoms with Crippen LogP contribution in [0.15, 0.2) is 48.5 Å². The maximum absolute atomic E-state index is 12.9. The summed E-state index contributed by atoms with van der Waals surface area (Å²) in [6, 6.07) is 13.0. The number of hydrogen-bond donors (Lipinski definition) is 4. The largest absolute Gasteiger partial charge is 0.508 e. The number of ether oxygens (including phenoxy) is 1. The SMILES string of the molecule is COC[C@H](Cc1ccc(O)cc1)NC(=O)c1cc(C(=O)O)c2cc(CCCCO)ccc2n1. The predicted molar refractivity (Wildman–Crippen MR) is 124 cm³/mol. The van der Waals surface area contributed by atoms with Crippen molar-refractivity contribution >= 4 is 22.8 Å². The van der Waals surface area contributed by atoms with Gasteiger partial charge in [0.15, 0.2) is 0 Å². The summed E-state index contributed by atoms with van der Waals surface area (Å²) in [5, 5.41) is 31.5. The molecule has 8 heteroatoms. The summed E-state index contributed by atoms with van der Waals surface area (Å²) < 4.78 is 5.23. The van der Waals surface area contributed by atoms with Crippen molar-refractivity contribution in [2.45, 2.75) is 31.7 Å². The van der Waals surface area contributed by atoms with Gasteiger partial charge in [-0.2, -0.15) is 0 Å². The van der Waals surface area contributed by atoms with Crippen LogP contribution in [0.1, 0.15) is 44.8 Å². The third-order valence-corrected chi connectivity index (χ3v) is 5.33. The van der Waals surface area contributed by atoms with E-state index in [1.807, 2.05) is 6.07 Å². The van der Waals surface area contributed by atoms with E-state index in [0.29, 0.717) is 30.2 Å². The molecular formula is C25H28N2O6. The Kier molecular flexibility index (Phi) is 8.34. The number of carbonyl (C=O) groups excluding carboxylic acids is 1. The van der Waals surface area contributed by atoms with Crippen LogP contribution in [0, 0.1) is 0 Å². The number of hydrogen-bond acceptors (Lipinski definition) is 6. The van der Waals surface area contributed by atoms with E-state index in [1.54, 1.807) is 36.4 Å². The number of methoxy groups -OCH3 is 1. The molecular weight excluding hydrogens is 424 g/mol. The molecule has 3 rings (SSSR count). The summed E-state index contributed by atoms with van der Waals surface area (Å²) in [6.45, 7) is 0.369. The second-order valence-corrected chi connectivity index (χ2v) is 7.89. The van der Waals surface area contributed by atoms with Crippen LogP contribution in [0.4, 0.5) is 0 Å². The van der Waals surface area contributed by atoms with Crippen LogP contribution in [-0.2, 0) is 17.6 Å². The summed E-state index contributed by atoms with van der Waals surface area (Å²) in [7, 11) is 1.53. The number of carbonyl (C=O) groups is 2. The highest BCUT2D eigenvalue weighted by Gasteiger charge is 2.19. The van der Waals surface area contributed by atoms with Crippen LogP contribution in [0.3, 0.4) is 0 Å². The van der Waals surface area contributed by atoms with Crippen molar-refractivity contribution in [3.8, 4) is 5.75 Å². The van der Waals surface area contributed by atoms with Crippen LogP contribution in [-0.4, -0.2) is 58.5 Å². The summed E-state index contributed by atoms with van der Waals surface area (Å²) in [5.74, 6) is -1.47. The first-order chi connectivity index (χ1) is 15.9. The monoisotopic (exact) mass is 452 g/mol. The lowest BCUT2D eigenvalue weighted by atomic mass is 10.0. The molecule has 0 radical (unpaired) electrons. The number of nitrogens with one attached hydrogen (secondary N) is 1. The van der Waals surface area contributed by atoms with E-state index in [9.17, 15) is 19.8 Å². The molecule has 0 aliphatic heterocycles. The number of nitrogens with zero attached hydrogens (tertiary/aromatic N) is 1. The molecule has 1 aromatic heterocycles. The van der Waals surface area contributed by atoms with Gasteiger partial charge in [-0.3, -0.25) is 4.79 Å². The number of phenolic OH excluding ortho intramolecular Hbond substituents is 1. The highest BCUT2D eigenvalue weighted by molar-refractivity contribution is 6.06. The first kappa shape index (κ1) is 24.2. The Hall–Kier alpha value is -3.49. The average molecular weight is 453 g/mol. The molecule has 1 atom stereocenters. The topological polar surface area (TPSA) is 129 Å². The van der Waals surface area contributed by atoms with E-state index in [2.05, 4.69) is 10.3 Å². The van der Waals surface area contributed by atoms with Crippen molar-refractivity contribution < 1.29 is 29.6 Å². The number of rotatable bonds is 11. The van der Waals surface area contributed by atoms with Crippen molar-refractivity contribution in [2.24, 2.45) is 0 Å². The molecule has 0 aliphatic rings. The Morgan fingerprint density at radius 2 is 1.79 bits per heavy atom. The van der Waals surface area contributed by atoms with Gasteiger partial charge in [0, 0.05) is 19.1 Å². The number of aromatic hydroxyl groups is 1. The lowest BCUT2D eigenvalue weighted by molar-refractivity contribution is 0.0699. The van der Waals surface area contributed by atoms with Gasteiger partial charge in [-0.15, -0.1) is 0 Å². The van der Waals surface area contributed by atoms with Crippen molar-refractivity contribution in [1.29, 1.82) is 0 Å². The molecule has 1 amide bonds. The Labute approximate surface area is 191 Å². The number of benzene rings is 2. The molecule has 174 valence electrons. The number of amides is 1. The Morgan fingerprint density at radius 1 is 1.06 bits per heavy atom. The first-order valence-corrected chi connectivity index (χ1v) is 10.8. The maximum atomic E-state index is 12.9. The number of carboxylic acid groups (broad SMARTS) is 1. The number of aliphatic hydroxyl groups excluding tert-OH is 1. The Bertz CT molecular complexity index is 1110. The van der Waals surface area contributed by atoms with Gasteiger partial charge in [-0.1, -0.05) is 18.2 Å². The zero-order chi connectivity index (χ0) is 23.8. The number of pyridine rings is 1. The molecule has 2 aromatic carbocycles. The second-order valence-electron chi connectivity index (χ2n) is 7.89. The molecule has 0 fully saturated rings. The zero-order valence-corrected chi connectivity index (χ0v) is 18.5. The number of fused-ring (bicyclic) bond motifs is 1.